The fourth-order valence-electron chi connectivity index (χ4n) is 2.95. The Morgan fingerprint density at radius 3 is 2.79 bits per heavy atom. The first-order chi connectivity index (χ1) is 8.75. The average molecular weight is 303 g/mol. The number of hydrogen-bond donors (Lipinski definition) is 1. The number of aryl methyl sites for hydroxylation is 1. The highest BCUT2D eigenvalue weighted by Gasteiger charge is 2.29. The Labute approximate surface area is 123 Å². The van der Waals surface area contributed by atoms with E-state index in [0.717, 1.165) is 18.7 Å². The molecule has 1 aromatic heterocycles. The van der Waals surface area contributed by atoms with Crippen molar-refractivity contribution in [3.63, 3.8) is 0 Å². The van der Waals surface area contributed by atoms with Crippen molar-refractivity contribution in [2.45, 2.75) is 38.1 Å². The second kappa shape index (κ2) is 6.18. The maximum Gasteiger partial charge on any atom is 0.308 e. The van der Waals surface area contributed by atoms with E-state index in [0.29, 0.717) is 12.5 Å². The van der Waals surface area contributed by atoms with Crippen LogP contribution in [0.15, 0.2) is 6.20 Å². The first-order valence-corrected chi connectivity index (χ1v) is 7.76. The van der Waals surface area contributed by atoms with Gasteiger partial charge < -0.3 is 9.67 Å². The Hall–Kier alpha value is -0.680. The topological polar surface area (TPSA) is 55.1 Å². The summed E-state index contributed by atoms with van der Waals surface area (Å²) in [7, 11) is 0. The molecule has 19 heavy (non-hydrogen) atoms. The molecule has 1 fully saturated rings. The molecule has 0 amide bonds. The van der Waals surface area contributed by atoms with Gasteiger partial charge in [-0.3, -0.25) is 4.79 Å². The van der Waals surface area contributed by atoms with Crippen LogP contribution < -0.4 is 0 Å². The van der Waals surface area contributed by atoms with E-state index < -0.39 is 5.97 Å². The number of fused-ring (bicyclic) bond motifs is 1. The van der Waals surface area contributed by atoms with Crippen molar-refractivity contribution in [3.05, 3.63) is 17.7 Å². The number of nitrogens with zero attached hydrogens (tertiary/aromatic N) is 2. The molecule has 1 unspecified atom stereocenters. The number of halogens is 1. The van der Waals surface area contributed by atoms with E-state index in [2.05, 4.69) is 9.55 Å². The number of aliphatic carboxylic acids is 1. The van der Waals surface area contributed by atoms with Crippen LogP contribution in [0.5, 0.6) is 0 Å². The van der Waals surface area contributed by atoms with Gasteiger partial charge in [0.15, 0.2) is 0 Å². The summed E-state index contributed by atoms with van der Waals surface area (Å²) in [6.45, 7) is 0.615. The van der Waals surface area contributed by atoms with Crippen LogP contribution in [0.3, 0.4) is 0 Å². The summed E-state index contributed by atoms with van der Waals surface area (Å²) >= 11 is 2.01. The van der Waals surface area contributed by atoms with Crippen LogP contribution in [-0.2, 0) is 17.8 Å². The Bertz CT molecular complexity index is 457. The van der Waals surface area contributed by atoms with Crippen LogP contribution in [0.2, 0.25) is 0 Å². The summed E-state index contributed by atoms with van der Waals surface area (Å²) in [4.78, 5) is 15.7. The lowest BCUT2D eigenvalue weighted by Gasteiger charge is -2.26. The lowest BCUT2D eigenvalue weighted by atomic mass is 9.96. The smallest absolute Gasteiger partial charge is 0.308 e. The van der Waals surface area contributed by atoms with Crippen LogP contribution in [-0.4, -0.2) is 32.1 Å². The van der Waals surface area contributed by atoms with Crippen molar-refractivity contribution in [3.8, 4) is 0 Å². The summed E-state index contributed by atoms with van der Waals surface area (Å²) in [5, 5.41) is 9.17. The molecular weight excluding hydrogens is 284 g/mol. The highest BCUT2D eigenvalue weighted by molar-refractivity contribution is 7.99. The molecule has 0 spiro atoms. The molecule has 1 aromatic rings. The van der Waals surface area contributed by atoms with Crippen LogP contribution in [0, 0.1) is 5.92 Å². The molecule has 0 aromatic carbocycles. The molecule has 2 aliphatic heterocycles. The lowest BCUT2D eigenvalue weighted by Crippen LogP contribution is -2.28. The zero-order valence-electron chi connectivity index (χ0n) is 10.7. The van der Waals surface area contributed by atoms with Crippen molar-refractivity contribution in [1.29, 1.82) is 0 Å². The normalized spacial score (nSPS) is 23.5. The monoisotopic (exact) mass is 302 g/mol. The number of imidazole rings is 1. The van der Waals surface area contributed by atoms with Gasteiger partial charge in [-0.25, -0.2) is 4.98 Å². The summed E-state index contributed by atoms with van der Waals surface area (Å²) in [6.07, 6.45) is 5.92. The lowest BCUT2D eigenvalue weighted by molar-refractivity contribution is -0.142. The molecule has 3 heterocycles. The molecule has 6 heteroatoms. The summed E-state index contributed by atoms with van der Waals surface area (Å²) in [5.74, 6) is 3.18. The molecular formula is C13H19ClN2O2S. The molecule has 0 saturated carbocycles. The number of thioether (sulfide) groups is 1. The zero-order chi connectivity index (χ0) is 12.5. The van der Waals surface area contributed by atoms with Gasteiger partial charge in [-0.15, -0.1) is 12.4 Å². The third kappa shape index (κ3) is 2.92. The van der Waals surface area contributed by atoms with E-state index in [4.69, 9.17) is 5.11 Å². The molecule has 4 nitrogen and oxygen atoms in total. The van der Waals surface area contributed by atoms with Gasteiger partial charge in [-0.2, -0.15) is 11.8 Å². The van der Waals surface area contributed by atoms with Gasteiger partial charge in [0.05, 0.1) is 5.92 Å². The van der Waals surface area contributed by atoms with Gasteiger partial charge in [-0.1, -0.05) is 0 Å². The Kier molecular flexibility index (Phi) is 4.79. The van der Waals surface area contributed by atoms with Gasteiger partial charge in [0.2, 0.25) is 0 Å². The minimum Gasteiger partial charge on any atom is -0.481 e. The first kappa shape index (κ1) is 14.7. The summed E-state index contributed by atoms with van der Waals surface area (Å²) in [6, 6.07) is 0. The Balaban J connectivity index is 0.00000133. The van der Waals surface area contributed by atoms with Crippen molar-refractivity contribution >= 4 is 30.1 Å². The van der Waals surface area contributed by atoms with E-state index in [-0.39, 0.29) is 18.3 Å². The van der Waals surface area contributed by atoms with Gasteiger partial charge in [0.1, 0.15) is 5.82 Å². The standard InChI is InChI=1S/C13H18N2O2S.ClH/c16-13(17)10-1-2-11-7-14-12(15(11)8-10)9-3-5-18-6-4-9;/h7,9-10H,1-6,8H2,(H,16,17);1H. The van der Waals surface area contributed by atoms with E-state index in [1.807, 2.05) is 18.0 Å². The summed E-state index contributed by atoms with van der Waals surface area (Å²) < 4.78 is 2.18. The number of hydrogen-bond acceptors (Lipinski definition) is 3. The number of carboxylic acid groups (broad SMARTS) is 1. The van der Waals surface area contributed by atoms with Gasteiger partial charge in [0, 0.05) is 24.4 Å². The van der Waals surface area contributed by atoms with E-state index in [1.54, 1.807) is 0 Å². The number of aromatic nitrogens is 2. The molecule has 0 bridgehead atoms. The third-order valence-corrected chi connectivity index (χ3v) is 5.11. The van der Waals surface area contributed by atoms with Gasteiger partial charge in [-0.05, 0) is 37.2 Å². The van der Waals surface area contributed by atoms with Crippen LogP contribution >= 0.6 is 24.2 Å². The van der Waals surface area contributed by atoms with Gasteiger partial charge in [0.25, 0.3) is 0 Å². The van der Waals surface area contributed by atoms with Crippen molar-refractivity contribution in [2.24, 2.45) is 5.92 Å². The molecule has 3 rings (SSSR count). The molecule has 2 aliphatic rings. The van der Waals surface area contributed by atoms with Crippen LogP contribution in [0.1, 0.15) is 36.7 Å². The number of carbonyl (C=O) groups is 1. The largest absolute Gasteiger partial charge is 0.481 e. The van der Waals surface area contributed by atoms with Crippen molar-refractivity contribution in [1.82, 2.24) is 9.55 Å². The average Bonchev–Trinajstić information content (AvgIpc) is 2.82. The van der Waals surface area contributed by atoms with Crippen molar-refractivity contribution < 1.29 is 9.90 Å². The van der Waals surface area contributed by atoms with Crippen LogP contribution in [0.4, 0.5) is 0 Å². The SMILES string of the molecule is Cl.O=C(O)C1CCc2cnc(C3CCSCC3)n2C1. The van der Waals surface area contributed by atoms with Crippen molar-refractivity contribution in [2.75, 3.05) is 11.5 Å². The van der Waals surface area contributed by atoms with Crippen LogP contribution in [0.25, 0.3) is 0 Å². The number of carboxylic acids is 1. The van der Waals surface area contributed by atoms with E-state index in [1.165, 1.54) is 30.0 Å². The predicted octanol–water partition coefficient (Wildman–Crippen LogP) is 2.56. The summed E-state index contributed by atoms with van der Waals surface area (Å²) in [5.41, 5.74) is 1.22. The second-order valence-electron chi connectivity index (χ2n) is 5.18. The minimum absolute atomic E-state index is 0. The zero-order valence-corrected chi connectivity index (χ0v) is 12.4. The highest BCUT2D eigenvalue weighted by atomic mass is 35.5. The van der Waals surface area contributed by atoms with E-state index in [9.17, 15) is 4.79 Å². The molecule has 106 valence electrons. The molecule has 1 atom stereocenters. The molecule has 0 radical (unpaired) electrons. The quantitative estimate of drug-likeness (QED) is 0.912. The third-order valence-electron chi connectivity index (χ3n) is 4.06. The highest BCUT2D eigenvalue weighted by Crippen LogP contribution is 2.33. The second-order valence-corrected chi connectivity index (χ2v) is 6.40. The van der Waals surface area contributed by atoms with E-state index >= 15 is 0 Å². The fraction of sp³-hybridized carbons (Fsp3) is 0.692. The maximum atomic E-state index is 11.1. The Morgan fingerprint density at radius 2 is 2.11 bits per heavy atom. The predicted molar refractivity (Wildman–Crippen MR) is 78.2 cm³/mol. The van der Waals surface area contributed by atoms with Gasteiger partial charge >= 0.3 is 5.97 Å². The Morgan fingerprint density at radius 1 is 1.37 bits per heavy atom. The molecule has 1 N–H and O–H groups in total. The first-order valence-electron chi connectivity index (χ1n) is 6.60. The molecule has 0 aliphatic carbocycles. The fourth-order valence-corrected chi connectivity index (χ4v) is 4.06. The molecule has 1 saturated heterocycles. The maximum absolute atomic E-state index is 11.1. The number of rotatable bonds is 2. The minimum atomic E-state index is -0.667.